The first kappa shape index (κ1) is 13.1. The Morgan fingerprint density at radius 3 is 2.72 bits per heavy atom. The highest BCUT2D eigenvalue weighted by Gasteiger charge is 2.30. The molecule has 0 radical (unpaired) electrons. The van der Waals surface area contributed by atoms with Crippen molar-refractivity contribution in [3.05, 3.63) is 33.8 Å². The van der Waals surface area contributed by atoms with E-state index in [1.54, 1.807) is 11.0 Å². The van der Waals surface area contributed by atoms with Gasteiger partial charge in [0.1, 0.15) is 0 Å². The lowest BCUT2D eigenvalue weighted by Gasteiger charge is -2.17. The van der Waals surface area contributed by atoms with Gasteiger partial charge >= 0.3 is 0 Å². The first-order valence-corrected chi connectivity index (χ1v) is 6.63. The second-order valence-corrected chi connectivity index (χ2v) is 5.48. The maximum atomic E-state index is 12.3. The SMILES string of the molecule is Cc1ccc(C(=O)N2CCC(C(N)=O)C2)c(Br)c1. The number of benzene rings is 1. The van der Waals surface area contributed by atoms with Gasteiger partial charge in [0, 0.05) is 17.6 Å². The fourth-order valence-electron chi connectivity index (χ4n) is 2.14. The Morgan fingerprint density at radius 1 is 1.44 bits per heavy atom. The smallest absolute Gasteiger partial charge is 0.255 e. The molecule has 2 rings (SSSR count). The Morgan fingerprint density at radius 2 is 2.17 bits per heavy atom. The first-order valence-electron chi connectivity index (χ1n) is 5.84. The average Bonchev–Trinajstić information content (AvgIpc) is 2.77. The van der Waals surface area contributed by atoms with Crippen molar-refractivity contribution in [3.8, 4) is 0 Å². The summed E-state index contributed by atoms with van der Waals surface area (Å²) < 4.78 is 0.787. The maximum absolute atomic E-state index is 12.3. The van der Waals surface area contributed by atoms with Gasteiger partial charge in [-0.1, -0.05) is 6.07 Å². The minimum absolute atomic E-state index is 0.0503. The van der Waals surface area contributed by atoms with E-state index in [4.69, 9.17) is 5.73 Å². The van der Waals surface area contributed by atoms with Crippen molar-refractivity contribution in [2.75, 3.05) is 13.1 Å². The third-order valence-electron chi connectivity index (χ3n) is 3.23. The Kier molecular flexibility index (Phi) is 3.71. The highest BCUT2D eigenvalue weighted by Crippen LogP contribution is 2.23. The number of primary amides is 1. The third-order valence-corrected chi connectivity index (χ3v) is 3.89. The molecule has 96 valence electrons. The molecule has 18 heavy (non-hydrogen) atoms. The Labute approximate surface area is 114 Å². The molecule has 4 nitrogen and oxygen atoms in total. The molecule has 2 N–H and O–H groups in total. The van der Waals surface area contributed by atoms with Crippen molar-refractivity contribution < 1.29 is 9.59 Å². The predicted molar refractivity (Wildman–Crippen MR) is 72.1 cm³/mol. The summed E-state index contributed by atoms with van der Waals surface area (Å²) >= 11 is 3.40. The summed E-state index contributed by atoms with van der Waals surface area (Å²) in [5.41, 5.74) is 6.99. The van der Waals surface area contributed by atoms with E-state index in [0.717, 1.165) is 10.0 Å². The lowest BCUT2D eigenvalue weighted by Crippen LogP contribution is -2.31. The van der Waals surface area contributed by atoms with E-state index in [1.807, 2.05) is 19.1 Å². The van der Waals surface area contributed by atoms with Crippen LogP contribution in [0.2, 0.25) is 0 Å². The lowest BCUT2D eigenvalue weighted by atomic mass is 10.1. The van der Waals surface area contributed by atoms with Crippen LogP contribution < -0.4 is 5.73 Å². The van der Waals surface area contributed by atoms with Crippen LogP contribution in [0.15, 0.2) is 22.7 Å². The zero-order chi connectivity index (χ0) is 13.3. The molecule has 0 spiro atoms. The molecule has 1 saturated heterocycles. The number of carbonyl (C=O) groups excluding carboxylic acids is 2. The van der Waals surface area contributed by atoms with Gasteiger partial charge in [0.25, 0.3) is 5.91 Å². The van der Waals surface area contributed by atoms with Crippen LogP contribution in [-0.4, -0.2) is 29.8 Å². The summed E-state index contributed by atoms with van der Waals surface area (Å²) in [6.07, 6.45) is 0.657. The van der Waals surface area contributed by atoms with E-state index < -0.39 is 0 Å². The molecule has 0 bridgehead atoms. The van der Waals surface area contributed by atoms with Crippen molar-refractivity contribution >= 4 is 27.7 Å². The van der Waals surface area contributed by atoms with E-state index in [0.29, 0.717) is 25.1 Å². The van der Waals surface area contributed by atoms with E-state index in [2.05, 4.69) is 15.9 Å². The number of likely N-dealkylation sites (tertiary alicyclic amines) is 1. The third kappa shape index (κ3) is 2.56. The molecule has 1 aromatic rings. The van der Waals surface area contributed by atoms with Crippen molar-refractivity contribution in [2.24, 2.45) is 11.7 Å². The second-order valence-electron chi connectivity index (χ2n) is 4.62. The lowest BCUT2D eigenvalue weighted by molar-refractivity contribution is -0.121. The molecule has 1 aliphatic heterocycles. The molecule has 0 aliphatic carbocycles. The molecule has 1 fully saturated rings. The molecule has 0 saturated carbocycles. The van der Waals surface area contributed by atoms with Crippen LogP contribution >= 0.6 is 15.9 Å². The molecule has 1 aromatic carbocycles. The topological polar surface area (TPSA) is 63.4 Å². The number of rotatable bonds is 2. The fourth-order valence-corrected chi connectivity index (χ4v) is 2.80. The van der Waals surface area contributed by atoms with Crippen LogP contribution in [0.25, 0.3) is 0 Å². The fraction of sp³-hybridized carbons (Fsp3) is 0.385. The number of nitrogens with zero attached hydrogens (tertiary/aromatic N) is 1. The van der Waals surface area contributed by atoms with Gasteiger partial charge in [-0.3, -0.25) is 9.59 Å². The molecule has 5 heteroatoms. The van der Waals surface area contributed by atoms with Crippen molar-refractivity contribution in [2.45, 2.75) is 13.3 Å². The molecule has 1 heterocycles. The van der Waals surface area contributed by atoms with Crippen LogP contribution in [0.3, 0.4) is 0 Å². The summed E-state index contributed by atoms with van der Waals surface area (Å²) in [4.78, 5) is 25.1. The Hall–Kier alpha value is -1.36. The Bertz CT molecular complexity index is 502. The summed E-state index contributed by atoms with van der Waals surface area (Å²) in [6, 6.07) is 5.62. The molecule has 1 atom stereocenters. The number of aryl methyl sites for hydroxylation is 1. The van der Waals surface area contributed by atoms with Crippen molar-refractivity contribution in [3.63, 3.8) is 0 Å². The quantitative estimate of drug-likeness (QED) is 0.903. The van der Waals surface area contributed by atoms with Crippen LogP contribution in [0.4, 0.5) is 0 Å². The molecule has 1 aliphatic rings. The highest BCUT2D eigenvalue weighted by molar-refractivity contribution is 9.10. The van der Waals surface area contributed by atoms with Gasteiger partial charge in [0.05, 0.1) is 11.5 Å². The largest absolute Gasteiger partial charge is 0.369 e. The zero-order valence-corrected chi connectivity index (χ0v) is 11.7. The summed E-state index contributed by atoms with van der Waals surface area (Å²) in [5.74, 6) is -0.586. The maximum Gasteiger partial charge on any atom is 0.255 e. The monoisotopic (exact) mass is 310 g/mol. The van der Waals surface area contributed by atoms with Gasteiger partial charge in [-0.05, 0) is 47.0 Å². The summed E-state index contributed by atoms with van der Waals surface area (Å²) in [7, 11) is 0. The predicted octanol–water partition coefficient (Wildman–Crippen LogP) is 1.70. The van der Waals surface area contributed by atoms with Crippen molar-refractivity contribution in [1.82, 2.24) is 4.90 Å². The van der Waals surface area contributed by atoms with Crippen LogP contribution in [0, 0.1) is 12.8 Å². The number of hydrogen-bond donors (Lipinski definition) is 1. The van der Waals surface area contributed by atoms with Gasteiger partial charge in [-0.15, -0.1) is 0 Å². The summed E-state index contributed by atoms with van der Waals surface area (Å²) in [6.45, 7) is 2.99. The number of nitrogens with two attached hydrogens (primary N) is 1. The highest BCUT2D eigenvalue weighted by atomic mass is 79.9. The molecular formula is C13H15BrN2O2. The van der Waals surface area contributed by atoms with Crippen LogP contribution in [0.1, 0.15) is 22.3 Å². The molecule has 0 aromatic heterocycles. The minimum atomic E-state index is -0.326. The van der Waals surface area contributed by atoms with Gasteiger partial charge < -0.3 is 10.6 Å². The van der Waals surface area contributed by atoms with Gasteiger partial charge in [0.15, 0.2) is 0 Å². The first-order chi connectivity index (χ1) is 8.49. The number of hydrogen-bond acceptors (Lipinski definition) is 2. The summed E-state index contributed by atoms with van der Waals surface area (Å²) in [5, 5.41) is 0. The van der Waals surface area contributed by atoms with E-state index in [1.165, 1.54) is 0 Å². The van der Waals surface area contributed by atoms with E-state index in [9.17, 15) is 9.59 Å². The molecule has 2 amide bonds. The standard InChI is InChI=1S/C13H15BrN2O2/c1-8-2-3-10(11(14)6-8)13(18)16-5-4-9(7-16)12(15)17/h2-3,6,9H,4-5,7H2,1H3,(H2,15,17). The van der Waals surface area contributed by atoms with Crippen LogP contribution in [0.5, 0.6) is 0 Å². The van der Waals surface area contributed by atoms with Crippen LogP contribution in [-0.2, 0) is 4.79 Å². The second kappa shape index (κ2) is 5.10. The van der Waals surface area contributed by atoms with Gasteiger partial charge in [-0.2, -0.15) is 0 Å². The molecular weight excluding hydrogens is 296 g/mol. The normalized spacial score (nSPS) is 19.0. The van der Waals surface area contributed by atoms with Crippen molar-refractivity contribution in [1.29, 1.82) is 0 Å². The van der Waals surface area contributed by atoms with Gasteiger partial charge in [0.2, 0.25) is 5.91 Å². The molecule has 1 unspecified atom stereocenters. The zero-order valence-electron chi connectivity index (χ0n) is 10.1. The minimum Gasteiger partial charge on any atom is -0.369 e. The Balaban J connectivity index is 2.15. The number of halogens is 1. The van der Waals surface area contributed by atoms with Gasteiger partial charge in [-0.25, -0.2) is 0 Å². The van der Waals surface area contributed by atoms with E-state index >= 15 is 0 Å². The van der Waals surface area contributed by atoms with E-state index in [-0.39, 0.29) is 17.7 Å². The number of carbonyl (C=O) groups is 2. The number of amides is 2. The average molecular weight is 311 g/mol.